The van der Waals surface area contributed by atoms with E-state index in [4.69, 9.17) is 10.5 Å². The summed E-state index contributed by atoms with van der Waals surface area (Å²) in [6, 6.07) is 5.27. The molecule has 0 atom stereocenters. The highest BCUT2D eigenvalue weighted by atomic mass is 32.2. The number of methoxy groups -OCH3 is 1. The van der Waals surface area contributed by atoms with Gasteiger partial charge in [0.25, 0.3) is 0 Å². The second kappa shape index (κ2) is 8.15. The Labute approximate surface area is 118 Å². The van der Waals surface area contributed by atoms with Crippen molar-refractivity contribution in [2.45, 2.75) is 6.42 Å². The highest BCUT2D eigenvalue weighted by Crippen LogP contribution is 2.18. The lowest BCUT2D eigenvalue weighted by Crippen LogP contribution is -2.43. The van der Waals surface area contributed by atoms with Gasteiger partial charge in [0.15, 0.2) is 0 Å². The fourth-order valence-corrected chi connectivity index (χ4v) is 2.85. The van der Waals surface area contributed by atoms with Crippen molar-refractivity contribution in [3.05, 3.63) is 30.1 Å². The van der Waals surface area contributed by atoms with Crippen LogP contribution in [0.15, 0.2) is 24.3 Å². The maximum absolute atomic E-state index is 12.9. The maximum atomic E-state index is 12.9. The fraction of sp³-hybridized carbons (Fsp3) is 0.500. The molecule has 0 unspecified atom stereocenters. The normalized spacial score (nSPS) is 11.6. The predicted octanol–water partition coefficient (Wildman–Crippen LogP) is 0.462. The van der Waals surface area contributed by atoms with Crippen molar-refractivity contribution in [2.75, 3.05) is 37.7 Å². The molecule has 6 nitrogen and oxygen atoms in total. The molecule has 0 bridgehead atoms. The van der Waals surface area contributed by atoms with Crippen LogP contribution >= 0.6 is 0 Å². The summed E-state index contributed by atoms with van der Waals surface area (Å²) in [5.41, 5.74) is 5.82. The average Bonchev–Trinajstić information content (AvgIpc) is 2.41. The van der Waals surface area contributed by atoms with E-state index in [1.54, 1.807) is 0 Å². The van der Waals surface area contributed by atoms with Crippen LogP contribution in [0.4, 0.5) is 10.1 Å². The summed E-state index contributed by atoms with van der Waals surface area (Å²) in [5.74, 6) is -0.419. The van der Waals surface area contributed by atoms with E-state index in [1.807, 2.05) is 0 Å². The minimum atomic E-state index is -3.71. The molecule has 0 aliphatic carbocycles. The maximum Gasteiger partial charge on any atom is 0.301 e. The van der Waals surface area contributed by atoms with Crippen LogP contribution in [0.25, 0.3) is 0 Å². The summed E-state index contributed by atoms with van der Waals surface area (Å²) in [7, 11) is -2.22. The Morgan fingerprint density at radius 1 is 1.35 bits per heavy atom. The molecule has 0 aromatic heterocycles. The van der Waals surface area contributed by atoms with Gasteiger partial charge in [-0.15, -0.1) is 0 Å². The first-order chi connectivity index (χ1) is 9.51. The second-order valence-electron chi connectivity index (χ2n) is 4.08. The van der Waals surface area contributed by atoms with Crippen LogP contribution in [-0.4, -0.2) is 41.8 Å². The van der Waals surface area contributed by atoms with Crippen LogP contribution in [0.2, 0.25) is 0 Å². The topological polar surface area (TPSA) is 84.7 Å². The molecule has 0 fully saturated rings. The van der Waals surface area contributed by atoms with Gasteiger partial charge in [0.05, 0.1) is 12.3 Å². The molecule has 0 amide bonds. The Hall–Kier alpha value is -1.22. The summed E-state index contributed by atoms with van der Waals surface area (Å²) in [6.07, 6.45) is 0.503. The largest absolute Gasteiger partial charge is 0.383 e. The third kappa shape index (κ3) is 5.04. The SMILES string of the molecule is COCCNS(=O)(=O)N(CCCN)c1ccc(F)cc1. The molecule has 20 heavy (non-hydrogen) atoms. The van der Waals surface area contributed by atoms with Gasteiger partial charge in [0.1, 0.15) is 5.82 Å². The van der Waals surface area contributed by atoms with Gasteiger partial charge in [-0.25, -0.2) is 4.39 Å². The van der Waals surface area contributed by atoms with Crippen LogP contribution in [-0.2, 0) is 14.9 Å². The van der Waals surface area contributed by atoms with Gasteiger partial charge in [0.2, 0.25) is 0 Å². The van der Waals surface area contributed by atoms with Crippen LogP contribution in [0.5, 0.6) is 0 Å². The van der Waals surface area contributed by atoms with E-state index in [9.17, 15) is 12.8 Å². The molecule has 0 aliphatic heterocycles. The van der Waals surface area contributed by atoms with Gasteiger partial charge in [-0.2, -0.15) is 13.1 Å². The molecular formula is C12H20FN3O3S. The average molecular weight is 305 g/mol. The Balaban J connectivity index is 2.90. The van der Waals surface area contributed by atoms with E-state index < -0.39 is 16.0 Å². The molecule has 1 aromatic carbocycles. The summed E-state index contributed by atoms with van der Waals surface area (Å²) in [5, 5.41) is 0. The smallest absolute Gasteiger partial charge is 0.301 e. The molecule has 3 N–H and O–H groups in total. The zero-order valence-electron chi connectivity index (χ0n) is 11.4. The third-order valence-corrected chi connectivity index (χ3v) is 4.10. The Bertz CT molecular complexity index is 493. The molecule has 0 heterocycles. The summed E-state index contributed by atoms with van der Waals surface area (Å²) >= 11 is 0. The van der Waals surface area contributed by atoms with E-state index in [2.05, 4.69) is 4.72 Å². The van der Waals surface area contributed by atoms with Crippen LogP contribution in [0.3, 0.4) is 0 Å². The monoisotopic (exact) mass is 305 g/mol. The number of nitrogens with zero attached hydrogens (tertiary/aromatic N) is 1. The predicted molar refractivity (Wildman–Crippen MR) is 76.2 cm³/mol. The number of rotatable bonds is 9. The molecule has 1 rings (SSSR count). The zero-order chi connectivity index (χ0) is 15.0. The van der Waals surface area contributed by atoms with Crippen LogP contribution in [0.1, 0.15) is 6.42 Å². The molecule has 0 radical (unpaired) electrons. The molecular weight excluding hydrogens is 285 g/mol. The highest BCUT2D eigenvalue weighted by molar-refractivity contribution is 7.90. The Kier molecular flexibility index (Phi) is 6.86. The molecule has 0 saturated heterocycles. The first-order valence-electron chi connectivity index (χ1n) is 6.23. The van der Waals surface area contributed by atoms with Crippen molar-refractivity contribution >= 4 is 15.9 Å². The lowest BCUT2D eigenvalue weighted by Gasteiger charge is -2.24. The van der Waals surface area contributed by atoms with Gasteiger partial charge in [-0.1, -0.05) is 0 Å². The van der Waals surface area contributed by atoms with Crippen LogP contribution < -0.4 is 14.8 Å². The number of hydrogen-bond acceptors (Lipinski definition) is 4. The van der Waals surface area contributed by atoms with Crippen molar-refractivity contribution < 1.29 is 17.5 Å². The number of anilines is 1. The summed E-state index contributed by atoms with van der Waals surface area (Å²) < 4.78 is 45.8. The van der Waals surface area contributed by atoms with Crippen molar-refractivity contribution in [3.8, 4) is 0 Å². The molecule has 0 spiro atoms. The van der Waals surface area contributed by atoms with E-state index in [1.165, 1.54) is 35.7 Å². The lowest BCUT2D eigenvalue weighted by molar-refractivity contribution is 0.204. The zero-order valence-corrected chi connectivity index (χ0v) is 12.2. The summed E-state index contributed by atoms with van der Waals surface area (Å²) in [4.78, 5) is 0. The Morgan fingerprint density at radius 3 is 2.55 bits per heavy atom. The number of hydrogen-bond donors (Lipinski definition) is 2. The van der Waals surface area contributed by atoms with Crippen molar-refractivity contribution in [2.24, 2.45) is 5.73 Å². The fourth-order valence-electron chi connectivity index (χ4n) is 1.58. The van der Waals surface area contributed by atoms with Gasteiger partial charge >= 0.3 is 10.2 Å². The van der Waals surface area contributed by atoms with E-state index >= 15 is 0 Å². The van der Waals surface area contributed by atoms with Gasteiger partial charge in [-0.3, -0.25) is 4.31 Å². The van der Waals surface area contributed by atoms with Crippen molar-refractivity contribution in [1.82, 2.24) is 4.72 Å². The highest BCUT2D eigenvalue weighted by Gasteiger charge is 2.21. The number of benzene rings is 1. The molecule has 0 aliphatic rings. The molecule has 8 heteroatoms. The first kappa shape index (κ1) is 16.8. The quantitative estimate of drug-likeness (QED) is 0.649. The van der Waals surface area contributed by atoms with Gasteiger partial charge in [0, 0.05) is 20.2 Å². The molecule has 114 valence electrons. The van der Waals surface area contributed by atoms with Crippen LogP contribution in [0, 0.1) is 5.82 Å². The minimum Gasteiger partial charge on any atom is -0.383 e. The van der Waals surface area contributed by atoms with E-state index in [0.29, 0.717) is 18.7 Å². The third-order valence-electron chi connectivity index (χ3n) is 2.56. The van der Waals surface area contributed by atoms with E-state index in [-0.39, 0.29) is 19.7 Å². The second-order valence-corrected chi connectivity index (χ2v) is 5.76. The molecule has 1 aromatic rings. The molecule has 0 saturated carbocycles. The van der Waals surface area contributed by atoms with Crippen molar-refractivity contribution in [3.63, 3.8) is 0 Å². The standard InChI is InChI=1S/C12H20FN3O3S/c1-19-10-8-15-20(17,18)16(9-2-7-14)12-5-3-11(13)4-6-12/h3-6,15H,2,7-10,14H2,1H3. The lowest BCUT2D eigenvalue weighted by atomic mass is 10.3. The number of nitrogens with one attached hydrogen (secondary N) is 1. The Morgan fingerprint density at radius 2 is 2.00 bits per heavy atom. The minimum absolute atomic E-state index is 0.166. The first-order valence-corrected chi connectivity index (χ1v) is 7.67. The van der Waals surface area contributed by atoms with Crippen molar-refractivity contribution in [1.29, 1.82) is 0 Å². The van der Waals surface area contributed by atoms with Gasteiger partial charge < -0.3 is 10.5 Å². The number of halogens is 1. The number of ether oxygens (including phenoxy) is 1. The van der Waals surface area contributed by atoms with Gasteiger partial charge in [-0.05, 0) is 37.2 Å². The summed E-state index contributed by atoms with van der Waals surface area (Å²) in [6.45, 7) is 1.03. The van der Waals surface area contributed by atoms with E-state index in [0.717, 1.165) is 0 Å². The number of nitrogens with two attached hydrogens (primary N) is 1.